The molecule has 0 aliphatic carbocycles. The van der Waals surface area contributed by atoms with Gasteiger partial charge in [-0.3, -0.25) is 0 Å². The molecule has 0 radical (unpaired) electrons. The molecule has 0 unspecified atom stereocenters. The molecule has 0 saturated heterocycles. The summed E-state index contributed by atoms with van der Waals surface area (Å²) in [6, 6.07) is 0. The van der Waals surface area contributed by atoms with Crippen LogP contribution in [0.2, 0.25) is 0 Å². The predicted molar refractivity (Wildman–Crippen MR) is 56.0 cm³/mol. The summed E-state index contributed by atoms with van der Waals surface area (Å²) in [5.41, 5.74) is 0. The van der Waals surface area contributed by atoms with Gasteiger partial charge in [-0.25, -0.2) is 17.7 Å². The summed E-state index contributed by atoms with van der Waals surface area (Å²) in [6.45, 7) is 0. The molecule has 130 valence electrons. The van der Waals surface area contributed by atoms with E-state index in [4.69, 9.17) is 15.6 Å². The predicted octanol–water partition coefficient (Wildman–Crippen LogP) is -6.88. The molecule has 0 atom stereocenters. The van der Waals surface area contributed by atoms with Crippen molar-refractivity contribution in [3.05, 3.63) is 14.9 Å². The van der Waals surface area contributed by atoms with Gasteiger partial charge >= 0.3 is 0 Å². The summed E-state index contributed by atoms with van der Waals surface area (Å²) in [4.78, 5) is 0. The largest absolute Gasteiger partial charge is 0.412 e. The average Bonchev–Trinajstić information content (AvgIpc) is 1.81. The maximum atomic E-state index is 6.50. The third-order valence-corrected chi connectivity index (χ3v) is 0. The molecule has 0 aliphatic rings. The van der Waals surface area contributed by atoms with Gasteiger partial charge in [-0.1, -0.05) is 0 Å². The van der Waals surface area contributed by atoms with Crippen molar-refractivity contribution in [2.24, 2.45) is 17.7 Å². The van der Waals surface area contributed by atoms with Crippen LogP contribution in [0.25, 0.3) is 0 Å². The molecular formula is C2H29N3O10Zr4-2. The number of rotatable bonds is 0. The van der Waals surface area contributed by atoms with Crippen molar-refractivity contribution in [2.45, 2.75) is 0 Å². The van der Waals surface area contributed by atoms with Crippen molar-refractivity contribution in [3.63, 3.8) is 0 Å². The van der Waals surface area contributed by atoms with Crippen LogP contribution in [0.4, 0.5) is 0 Å². The first-order valence-corrected chi connectivity index (χ1v) is 0.775. The molecule has 0 bridgehead atoms. The van der Waals surface area contributed by atoms with E-state index in [1.165, 1.54) is 0 Å². The average molecular weight is 620 g/mol. The van der Waals surface area contributed by atoms with E-state index in [-0.39, 0.29) is 158 Å². The Hall–Kier alpha value is 3.01. The Bertz CT molecular complexity index is 32.7. The van der Waals surface area contributed by atoms with Gasteiger partial charge in [-0.2, -0.15) is 0 Å². The van der Waals surface area contributed by atoms with Crippen molar-refractivity contribution in [2.75, 3.05) is 0 Å². The summed E-state index contributed by atoms with van der Waals surface area (Å²) >= 11 is 0. The monoisotopic (exact) mass is 615 g/mol. The van der Waals surface area contributed by atoms with E-state index < -0.39 is 0 Å². The summed E-state index contributed by atoms with van der Waals surface area (Å²) in [5.74, 6) is 10.5. The fourth-order valence-corrected chi connectivity index (χ4v) is 0. The van der Waals surface area contributed by atoms with Gasteiger partial charge in [0.2, 0.25) is 0 Å². The van der Waals surface area contributed by atoms with Crippen molar-refractivity contribution in [1.29, 1.82) is 0 Å². The summed E-state index contributed by atoms with van der Waals surface area (Å²) < 4.78 is 0. The van der Waals surface area contributed by atoms with Crippen LogP contribution >= 0.6 is 0 Å². The van der Waals surface area contributed by atoms with Crippen molar-refractivity contribution >= 4 is 0 Å². The summed E-state index contributed by atoms with van der Waals surface area (Å²) in [6.07, 6.45) is 0. The minimum Gasteiger partial charge on any atom is -0.412 e. The minimum atomic E-state index is 0. The van der Waals surface area contributed by atoms with E-state index in [0.717, 1.165) is 0 Å². The Morgan fingerprint density at radius 2 is 0.316 bits per heavy atom. The van der Waals surface area contributed by atoms with E-state index in [1.807, 2.05) is 0 Å². The van der Waals surface area contributed by atoms with Gasteiger partial charge in [0.05, 0.1) is 0 Å². The normalized spacial score (nSPS) is 0.947. The molecule has 0 aromatic carbocycles. The van der Waals surface area contributed by atoms with Gasteiger partial charge in [-0.15, -0.1) is 0 Å². The third-order valence-electron chi connectivity index (χ3n) is 0. The van der Waals surface area contributed by atoms with E-state index in [1.54, 1.807) is 0 Å². The molecule has 0 fully saturated rings. The van der Waals surface area contributed by atoms with Gasteiger partial charge in [0.1, 0.15) is 0 Å². The Balaban J connectivity index is -0.000000000378. The number of hydrogen-bond acceptors (Lipinski definition) is 6. The molecule has 0 aromatic heterocycles. The van der Waals surface area contributed by atoms with Crippen LogP contribution in [-0.4, -0.2) is 54.0 Å². The molecule has 0 aliphatic heterocycles. The standard InChI is InChI=1S/2CH3.3H3NO.7H2O.4Zr/c;;3*1-2;;;;;;;;;;;/h2*1H3;3*2H,1H2;7*1H2;;;;/q2*-1;;;;;;;;;;;;;;. The van der Waals surface area contributed by atoms with Crippen molar-refractivity contribution in [1.82, 2.24) is 0 Å². The van der Waals surface area contributed by atoms with Crippen molar-refractivity contribution < 1.29 is 159 Å². The molecule has 17 heteroatoms. The third kappa shape index (κ3) is 837. The van der Waals surface area contributed by atoms with Gasteiger partial charge in [0.25, 0.3) is 0 Å². The summed E-state index contributed by atoms with van der Waals surface area (Å²) in [7, 11) is 0. The van der Waals surface area contributed by atoms with Gasteiger partial charge in [0.15, 0.2) is 0 Å². The zero-order chi connectivity index (χ0) is 6.00. The molecule has 0 heterocycles. The molecule has 0 amide bonds. The second-order valence-electron chi connectivity index (χ2n) is 0. The maximum Gasteiger partial charge on any atom is 0 e. The Morgan fingerprint density at radius 1 is 0.316 bits per heavy atom. The van der Waals surface area contributed by atoms with E-state index in [9.17, 15) is 0 Å². The van der Waals surface area contributed by atoms with E-state index in [0.29, 0.717) is 0 Å². The summed E-state index contributed by atoms with van der Waals surface area (Å²) in [5, 5.41) is 19.5. The van der Waals surface area contributed by atoms with E-state index >= 15 is 0 Å². The quantitative estimate of drug-likeness (QED) is 0.113. The Labute approximate surface area is 189 Å². The molecule has 23 N–H and O–H groups in total. The maximum absolute atomic E-state index is 6.50. The van der Waals surface area contributed by atoms with Gasteiger partial charge in [0, 0.05) is 105 Å². The van der Waals surface area contributed by atoms with Crippen molar-refractivity contribution in [3.8, 4) is 0 Å². The molecule has 19 heavy (non-hydrogen) atoms. The molecular weight excluding hydrogens is 591 g/mol. The Morgan fingerprint density at radius 3 is 0.316 bits per heavy atom. The van der Waals surface area contributed by atoms with Crippen LogP contribution in [0.5, 0.6) is 0 Å². The van der Waals surface area contributed by atoms with E-state index in [2.05, 4.69) is 17.7 Å². The fourth-order valence-electron chi connectivity index (χ4n) is 0. The first-order chi connectivity index (χ1) is 3.00. The SMILES string of the molecule is NO.NO.NO.O.O.O.O.O.O.O.[CH3-].[CH3-].[Zr].[Zr].[Zr].[Zr]. The topological polar surface area (TPSA) is 359 Å². The Kier molecular flexibility index (Phi) is 13100. The zero-order valence-corrected chi connectivity index (χ0v) is 20.4. The van der Waals surface area contributed by atoms with Gasteiger partial charge in [-0.05, 0) is 0 Å². The first-order valence-electron chi connectivity index (χ1n) is 0.775. The second kappa shape index (κ2) is 927. The smallest absolute Gasteiger partial charge is 0 e. The van der Waals surface area contributed by atoms with Crippen LogP contribution in [0.15, 0.2) is 0 Å². The van der Waals surface area contributed by atoms with Crippen LogP contribution < -0.4 is 17.7 Å². The van der Waals surface area contributed by atoms with Crippen LogP contribution in [-0.2, 0) is 105 Å². The molecule has 0 rings (SSSR count). The first kappa shape index (κ1) is 269. The molecule has 0 spiro atoms. The molecule has 0 aromatic rings. The van der Waals surface area contributed by atoms with Crippen LogP contribution in [0, 0.1) is 14.9 Å². The van der Waals surface area contributed by atoms with Crippen LogP contribution in [0.1, 0.15) is 0 Å². The number of hydrogen-bond donors (Lipinski definition) is 6. The second-order valence-corrected chi connectivity index (χ2v) is 0. The minimum absolute atomic E-state index is 0. The fraction of sp³-hybridized carbons (Fsp3) is 0. The van der Waals surface area contributed by atoms with Gasteiger partial charge < -0.3 is 68.8 Å². The zero-order valence-electron chi connectivity index (χ0n) is 10.6. The van der Waals surface area contributed by atoms with Crippen LogP contribution in [0.3, 0.4) is 0 Å². The molecule has 13 nitrogen and oxygen atoms in total. The number of nitrogens with two attached hydrogens (primary N) is 3. The molecule has 0 saturated carbocycles.